The SMILES string of the molecule is Fc1n[nH]nc1C1CCCCC1. The van der Waals surface area contributed by atoms with Gasteiger partial charge in [0.1, 0.15) is 5.69 Å². The van der Waals surface area contributed by atoms with Crippen LogP contribution in [0.4, 0.5) is 4.39 Å². The van der Waals surface area contributed by atoms with Gasteiger partial charge in [-0.25, -0.2) is 0 Å². The van der Waals surface area contributed by atoms with Crippen LogP contribution < -0.4 is 0 Å². The van der Waals surface area contributed by atoms with Crippen molar-refractivity contribution in [2.24, 2.45) is 0 Å². The van der Waals surface area contributed by atoms with Crippen molar-refractivity contribution in [3.05, 3.63) is 11.6 Å². The number of H-pyrrole nitrogens is 1. The van der Waals surface area contributed by atoms with E-state index in [1.807, 2.05) is 0 Å². The van der Waals surface area contributed by atoms with Crippen LogP contribution in [0.1, 0.15) is 43.7 Å². The third kappa shape index (κ3) is 1.33. The molecule has 1 aromatic heterocycles. The van der Waals surface area contributed by atoms with E-state index in [1.54, 1.807) is 0 Å². The average molecular weight is 169 g/mol. The molecule has 1 fully saturated rings. The van der Waals surface area contributed by atoms with Gasteiger partial charge in [0, 0.05) is 5.92 Å². The molecular formula is C8H12FN3. The topological polar surface area (TPSA) is 41.6 Å². The maximum absolute atomic E-state index is 12.9. The molecule has 0 spiro atoms. The second kappa shape index (κ2) is 3.21. The molecule has 3 nitrogen and oxygen atoms in total. The van der Waals surface area contributed by atoms with E-state index in [1.165, 1.54) is 19.3 Å². The molecule has 1 aliphatic rings. The molecule has 0 bridgehead atoms. The second-order valence-corrected chi connectivity index (χ2v) is 3.33. The number of hydrogen-bond acceptors (Lipinski definition) is 2. The van der Waals surface area contributed by atoms with Crippen molar-refractivity contribution < 1.29 is 4.39 Å². The first-order valence-electron chi connectivity index (χ1n) is 4.44. The van der Waals surface area contributed by atoms with Gasteiger partial charge in [-0.2, -0.15) is 14.7 Å². The van der Waals surface area contributed by atoms with Crippen LogP contribution in [0.15, 0.2) is 0 Å². The summed E-state index contributed by atoms with van der Waals surface area (Å²) in [6, 6.07) is 0. The molecule has 1 aliphatic carbocycles. The lowest BCUT2D eigenvalue weighted by Crippen LogP contribution is -2.06. The largest absolute Gasteiger partial charge is 0.256 e. The van der Waals surface area contributed by atoms with E-state index in [2.05, 4.69) is 15.4 Å². The Morgan fingerprint density at radius 3 is 2.50 bits per heavy atom. The van der Waals surface area contributed by atoms with Gasteiger partial charge in [0.25, 0.3) is 5.95 Å². The van der Waals surface area contributed by atoms with Crippen LogP contribution in [0.2, 0.25) is 0 Å². The van der Waals surface area contributed by atoms with Gasteiger partial charge in [0.05, 0.1) is 0 Å². The van der Waals surface area contributed by atoms with E-state index < -0.39 is 5.95 Å². The van der Waals surface area contributed by atoms with E-state index in [-0.39, 0.29) is 0 Å². The molecule has 0 saturated heterocycles. The fourth-order valence-electron chi connectivity index (χ4n) is 1.86. The van der Waals surface area contributed by atoms with Crippen LogP contribution in [-0.2, 0) is 0 Å². The zero-order valence-electron chi connectivity index (χ0n) is 6.89. The highest BCUT2D eigenvalue weighted by Crippen LogP contribution is 2.31. The average Bonchev–Trinajstić information content (AvgIpc) is 2.53. The van der Waals surface area contributed by atoms with Crippen molar-refractivity contribution in [2.45, 2.75) is 38.0 Å². The Labute approximate surface area is 70.4 Å². The van der Waals surface area contributed by atoms with Crippen molar-refractivity contribution in [3.8, 4) is 0 Å². The third-order valence-corrected chi connectivity index (χ3v) is 2.52. The Kier molecular flexibility index (Phi) is 2.06. The van der Waals surface area contributed by atoms with Crippen LogP contribution in [0.25, 0.3) is 0 Å². The molecule has 1 aromatic rings. The summed E-state index contributed by atoms with van der Waals surface area (Å²) in [4.78, 5) is 0. The number of nitrogens with one attached hydrogen (secondary N) is 1. The van der Waals surface area contributed by atoms with Crippen LogP contribution in [0.3, 0.4) is 0 Å². The molecule has 1 saturated carbocycles. The number of halogens is 1. The zero-order valence-corrected chi connectivity index (χ0v) is 6.89. The number of rotatable bonds is 1. The highest BCUT2D eigenvalue weighted by molar-refractivity contribution is 5.04. The maximum atomic E-state index is 12.9. The normalized spacial score (nSPS) is 19.8. The highest BCUT2D eigenvalue weighted by atomic mass is 19.1. The van der Waals surface area contributed by atoms with Gasteiger partial charge < -0.3 is 0 Å². The molecular weight excluding hydrogens is 157 g/mol. The Morgan fingerprint density at radius 1 is 1.17 bits per heavy atom. The predicted molar refractivity (Wildman–Crippen MR) is 42.2 cm³/mol. The number of aromatic nitrogens is 3. The number of aromatic amines is 1. The van der Waals surface area contributed by atoms with Crippen LogP contribution in [0.5, 0.6) is 0 Å². The van der Waals surface area contributed by atoms with Crippen molar-refractivity contribution in [1.82, 2.24) is 15.4 Å². The van der Waals surface area contributed by atoms with Gasteiger partial charge in [-0.05, 0) is 12.8 Å². The Morgan fingerprint density at radius 2 is 1.92 bits per heavy atom. The van der Waals surface area contributed by atoms with E-state index in [0.717, 1.165) is 12.8 Å². The zero-order chi connectivity index (χ0) is 8.39. The minimum Gasteiger partial charge on any atom is -0.195 e. The lowest BCUT2D eigenvalue weighted by molar-refractivity contribution is 0.420. The minimum atomic E-state index is -0.415. The summed E-state index contributed by atoms with van der Waals surface area (Å²) >= 11 is 0. The van der Waals surface area contributed by atoms with Gasteiger partial charge in [-0.3, -0.25) is 0 Å². The molecule has 0 aromatic carbocycles. The Balaban J connectivity index is 2.13. The van der Waals surface area contributed by atoms with Crippen molar-refractivity contribution in [2.75, 3.05) is 0 Å². The molecule has 0 amide bonds. The van der Waals surface area contributed by atoms with Crippen molar-refractivity contribution >= 4 is 0 Å². The second-order valence-electron chi connectivity index (χ2n) is 3.33. The first-order chi connectivity index (χ1) is 5.88. The van der Waals surface area contributed by atoms with E-state index in [4.69, 9.17) is 0 Å². The number of hydrogen-bond donors (Lipinski definition) is 1. The summed E-state index contributed by atoms with van der Waals surface area (Å²) in [5.74, 6) is -0.112. The van der Waals surface area contributed by atoms with Crippen molar-refractivity contribution in [1.29, 1.82) is 0 Å². The van der Waals surface area contributed by atoms with Gasteiger partial charge >= 0.3 is 0 Å². The minimum absolute atomic E-state index is 0.303. The fraction of sp³-hybridized carbons (Fsp3) is 0.750. The summed E-state index contributed by atoms with van der Waals surface area (Å²) in [5, 5.41) is 9.54. The predicted octanol–water partition coefficient (Wildman–Crippen LogP) is 1.99. The van der Waals surface area contributed by atoms with Crippen LogP contribution in [-0.4, -0.2) is 15.4 Å². The monoisotopic (exact) mass is 169 g/mol. The summed E-state index contributed by atoms with van der Waals surface area (Å²) in [5.41, 5.74) is 0.537. The van der Waals surface area contributed by atoms with E-state index >= 15 is 0 Å². The van der Waals surface area contributed by atoms with Gasteiger partial charge in [0.2, 0.25) is 0 Å². The summed E-state index contributed by atoms with van der Waals surface area (Å²) < 4.78 is 12.9. The molecule has 0 unspecified atom stereocenters. The lowest BCUT2D eigenvalue weighted by atomic mass is 9.87. The molecule has 0 radical (unpaired) electrons. The molecule has 0 atom stereocenters. The summed E-state index contributed by atoms with van der Waals surface area (Å²) in [7, 11) is 0. The standard InChI is InChI=1S/C8H12FN3/c9-8-7(10-12-11-8)6-4-2-1-3-5-6/h6H,1-5H2,(H,10,11,12). The van der Waals surface area contributed by atoms with E-state index in [0.29, 0.717) is 11.6 Å². The third-order valence-electron chi connectivity index (χ3n) is 2.52. The van der Waals surface area contributed by atoms with E-state index in [9.17, 15) is 4.39 Å². The molecule has 1 N–H and O–H groups in total. The summed E-state index contributed by atoms with van der Waals surface area (Å²) in [6.07, 6.45) is 5.77. The molecule has 0 aliphatic heterocycles. The number of nitrogens with zero attached hydrogens (tertiary/aromatic N) is 2. The Bertz CT molecular complexity index is 253. The smallest absolute Gasteiger partial charge is 0.195 e. The fourth-order valence-corrected chi connectivity index (χ4v) is 1.86. The molecule has 4 heteroatoms. The van der Waals surface area contributed by atoms with Gasteiger partial charge in [0.15, 0.2) is 0 Å². The lowest BCUT2D eigenvalue weighted by Gasteiger charge is -2.18. The van der Waals surface area contributed by atoms with Gasteiger partial charge in [-0.15, -0.1) is 5.10 Å². The van der Waals surface area contributed by atoms with Crippen LogP contribution in [0, 0.1) is 5.95 Å². The van der Waals surface area contributed by atoms with Crippen LogP contribution >= 0.6 is 0 Å². The van der Waals surface area contributed by atoms with Gasteiger partial charge in [-0.1, -0.05) is 19.3 Å². The van der Waals surface area contributed by atoms with Crippen molar-refractivity contribution in [3.63, 3.8) is 0 Å². The molecule has 66 valence electrons. The quantitative estimate of drug-likeness (QED) is 0.698. The highest BCUT2D eigenvalue weighted by Gasteiger charge is 2.21. The molecule has 12 heavy (non-hydrogen) atoms. The molecule has 2 rings (SSSR count). The summed E-state index contributed by atoms with van der Waals surface area (Å²) in [6.45, 7) is 0. The first-order valence-corrected chi connectivity index (χ1v) is 4.44. The first kappa shape index (κ1) is 7.71. The Hall–Kier alpha value is -0.930. The maximum Gasteiger partial charge on any atom is 0.256 e. The molecule has 1 heterocycles.